The third-order valence-corrected chi connectivity index (χ3v) is 4.85. The molecule has 0 saturated heterocycles. The molecule has 2 aromatic carbocycles. The van der Waals surface area contributed by atoms with E-state index in [1.165, 1.54) is 12.1 Å². The van der Waals surface area contributed by atoms with Gasteiger partial charge in [-0.3, -0.25) is 9.48 Å². The number of nitrogens with two attached hydrogens (primary N) is 1. The lowest BCUT2D eigenvalue weighted by molar-refractivity contribution is 0.0985. The summed E-state index contributed by atoms with van der Waals surface area (Å²) < 4.78 is 15.9. The molecule has 0 spiro atoms. The first kappa shape index (κ1) is 20.1. The van der Waals surface area contributed by atoms with E-state index in [2.05, 4.69) is 10.4 Å². The van der Waals surface area contributed by atoms with E-state index in [4.69, 9.17) is 17.3 Å². The van der Waals surface area contributed by atoms with E-state index in [0.29, 0.717) is 28.5 Å². The zero-order valence-corrected chi connectivity index (χ0v) is 16.5. The average Bonchev–Trinajstić information content (AvgIpc) is 2.90. The first-order valence-corrected chi connectivity index (χ1v) is 8.73. The van der Waals surface area contributed by atoms with Gasteiger partial charge in [-0.05, 0) is 30.3 Å². The highest BCUT2D eigenvalue weighted by atomic mass is 35.5. The van der Waals surface area contributed by atoms with Gasteiger partial charge >= 0.3 is 0 Å². The summed E-state index contributed by atoms with van der Waals surface area (Å²) in [5.74, 6) is -0.0345. The summed E-state index contributed by atoms with van der Waals surface area (Å²) in [4.78, 5) is 14.8. The van der Waals surface area contributed by atoms with Crippen LogP contribution in [0.5, 0.6) is 0 Å². The summed E-state index contributed by atoms with van der Waals surface area (Å²) in [5.41, 5.74) is 8.30. The van der Waals surface area contributed by atoms with Gasteiger partial charge in [0.2, 0.25) is 0 Å². The molecule has 9 heteroatoms. The van der Waals surface area contributed by atoms with Gasteiger partial charge in [0.25, 0.3) is 5.91 Å². The van der Waals surface area contributed by atoms with Crippen LogP contribution >= 0.6 is 24.0 Å². The molecule has 0 aliphatic carbocycles. The number of amides is 1. The van der Waals surface area contributed by atoms with Gasteiger partial charge in [-0.15, -0.1) is 12.4 Å². The topological polar surface area (TPSA) is 76.2 Å². The highest BCUT2D eigenvalue weighted by Crippen LogP contribution is 2.37. The molecule has 1 aliphatic rings. The number of aromatic nitrogens is 2. The number of hydrogen-bond acceptors (Lipinski definition) is 4. The summed E-state index contributed by atoms with van der Waals surface area (Å²) in [6.07, 6.45) is 1.70. The van der Waals surface area contributed by atoms with Crippen LogP contribution in [0.2, 0.25) is 5.02 Å². The van der Waals surface area contributed by atoms with E-state index in [-0.39, 0.29) is 30.4 Å². The van der Waals surface area contributed by atoms with Crippen LogP contribution in [-0.4, -0.2) is 15.7 Å². The van der Waals surface area contributed by atoms with Crippen molar-refractivity contribution in [2.75, 3.05) is 10.2 Å². The number of nitrogens with zero attached hydrogens (tertiary/aromatic N) is 3. The maximum Gasteiger partial charge on any atom is 0.258 e. The fourth-order valence-electron chi connectivity index (χ4n) is 3.17. The Morgan fingerprint density at radius 2 is 2.11 bits per heavy atom. The molecule has 1 aliphatic heterocycles. The second-order valence-electron chi connectivity index (χ2n) is 6.33. The third kappa shape index (κ3) is 3.44. The third-order valence-electron chi connectivity index (χ3n) is 4.61. The van der Waals surface area contributed by atoms with E-state index in [0.717, 1.165) is 11.4 Å². The molecule has 0 atom stereocenters. The van der Waals surface area contributed by atoms with Gasteiger partial charge in [0.1, 0.15) is 11.6 Å². The van der Waals surface area contributed by atoms with Crippen molar-refractivity contribution in [2.24, 2.45) is 12.8 Å². The predicted octanol–water partition coefficient (Wildman–Crippen LogP) is 4.00. The number of anilines is 3. The van der Waals surface area contributed by atoms with Crippen molar-refractivity contribution >= 4 is 47.1 Å². The molecule has 6 nitrogen and oxygen atoms in total. The van der Waals surface area contributed by atoms with E-state index in [1.54, 1.807) is 40.0 Å². The van der Waals surface area contributed by atoms with Gasteiger partial charge < -0.3 is 16.0 Å². The van der Waals surface area contributed by atoms with E-state index >= 15 is 0 Å². The lowest BCUT2D eigenvalue weighted by Gasteiger charge is -2.23. The van der Waals surface area contributed by atoms with Crippen LogP contribution < -0.4 is 16.0 Å². The SMILES string of the molecule is Cl.Cn1ncc2c1Nc1cc(Cl)ccc1N(C(=O)c1ccc(CN)c(F)c1)C2. The van der Waals surface area contributed by atoms with Crippen molar-refractivity contribution in [3.63, 3.8) is 0 Å². The Morgan fingerprint density at radius 3 is 2.82 bits per heavy atom. The number of benzene rings is 2. The second kappa shape index (κ2) is 7.79. The Kier molecular flexibility index (Phi) is 5.60. The maximum atomic E-state index is 14.2. The van der Waals surface area contributed by atoms with Gasteiger partial charge in [0.05, 0.1) is 24.1 Å². The van der Waals surface area contributed by atoms with Gasteiger partial charge in [0.15, 0.2) is 0 Å². The molecule has 0 unspecified atom stereocenters. The van der Waals surface area contributed by atoms with Gasteiger partial charge in [-0.25, -0.2) is 4.39 Å². The summed E-state index contributed by atoms with van der Waals surface area (Å²) >= 11 is 6.14. The van der Waals surface area contributed by atoms with Crippen molar-refractivity contribution in [2.45, 2.75) is 13.1 Å². The first-order chi connectivity index (χ1) is 13.0. The molecule has 3 N–H and O–H groups in total. The number of carbonyl (C=O) groups is 1. The minimum Gasteiger partial charge on any atom is -0.338 e. The van der Waals surface area contributed by atoms with Gasteiger partial charge in [-0.1, -0.05) is 17.7 Å². The Morgan fingerprint density at radius 1 is 1.32 bits per heavy atom. The number of nitrogens with one attached hydrogen (secondary N) is 1. The van der Waals surface area contributed by atoms with E-state index in [9.17, 15) is 9.18 Å². The number of hydrogen-bond donors (Lipinski definition) is 2. The normalized spacial score (nSPS) is 12.4. The summed E-state index contributed by atoms with van der Waals surface area (Å²) in [7, 11) is 1.81. The number of rotatable bonds is 2. The highest BCUT2D eigenvalue weighted by Gasteiger charge is 2.27. The minimum absolute atomic E-state index is 0. The molecule has 1 amide bonds. The van der Waals surface area contributed by atoms with Gasteiger partial charge in [0, 0.05) is 35.3 Å². The molecule has 0 fully saturated rings. The molecule has 0 radical (unpaired) electrons. The molecule has 1 aromatic heterocycles. The van der Waals surface area contributed by atoms with Crippen molar-refractivity contribution in [3.8, 4) is 0 Å². The van der Waals surface area contributed by atoms with Crippen LogP contribution in [0.15, 0.2) is 42.6 Å². The van der Waals surface area contributed by atoms with Crippen LogP contribution in [-0.2, 0) is 20.1 Å². The average molecular weight is 422 g/mol. The monoisotopic (exact) mass is 421 g/mol. The number of halogens is 3. The Balaban J connectivity index is 0.00000225. The van der Waals surface area contributed by atoms with Crippen molar-refractivity contribution in [3.05, 3.63) is 70.1 Å². The highest BCUT2D eigenvalue weighted by molar-refractivity contribution is 6.31. The Bertz CT molecular complexity index is 1050. The molecular weight excluding hydrogens is 404 g/mol. The molecule has 0 bridgehead atoms. The van der Waals surface area contributed by atoms with Crippen LogP contribution in [0, 0.1) is 5.82 Å². The Hall–Kier alpha value is -2.61. The van der Waals surface area contributed by atoms with Crippen LogP contribution in [0.3, 0.4) is 0 Å². The van der Waals surface area contributed by atoms with Crippen molar-refractivity contribution < 1.29 is 9.18 Å². The summed E-state index contributed by atoms with van der Waals surface area (Å²) in [5, 5.41) is 8.08. The molecule has 2 heterocycles. The molecule has 3 aromatic rings. The minimum atomic E-state index is -0.491. The predicted molar refractivity (Wildman–Crippen MR) is 110 cm³/mol. The zero-order valence-electron chi connectivity index (χ0n) is 14.9. The number of aryl methyl sites for hydroxylation is 1. The zero-order chi connectivity index (χ0) is 19.1. The maximum absolute atomic E-state index is 14.2. The van der Waals surface area contributed by atoms with Crippen LogP contribution in [0.1, 0.15) is 21.5 Å². The first-order valence-electron chi connectivity index (χ1n) is 8.35. The standard InChI is InChI=1S/C19H17ClFN5O.ClH/c1-25-18-13(9-23-25)10-26(17-5-4-14(20)7-16(17)24-18)19(27)11-2-3-12(8-22)15(21)6-11;/h2-7,9,24H,8,10,22H2,1H3;1H. The van der Waals surface area contributed by atoms with E-state index in [1.807, 2.05) is 7.05 Å². The lowest BCUT2D eigenvalue weighted by Crippen LogP contribution is -2.30. The number of carbonyl (C=O) groups excluding carboxylic acids is 1. The largest absolute Gasteiger partial charge is 0.338 e. The van der Waals surface area contributed by atoms with Gasteiger partial charge in [-0.2, -0.15) is 5.10 Å². The van der Waals surface area contributed by atoms with Crippen LogP contribution in [0.4, 0.5) is 21.6 Å². The summed E-state index contributed by atoms with van der Waals surface area (Å²) in [6.45, 7) is 0.373. The molecular formula is C19H18Cl2FN5O. The smallest absolute Gasteiger partial charge is 0.258 e. The van der Waals surface area contributed by atoms with E-state index < -0.39 is 5.82 Å². The molecule has 4 rings (SSSR count). The van der Waals surface area contributed by atoms with Crippen LogP contribution in [0.25, 0.3) is 0 Å². The quantitative estimate of drug-likeness (QED) is 0.655. The summed E-state index contributed by atoms with van der Waals surface area (Å²) in [6, 6.07) is 9.59. The van der Waals surface area contributed by atoms with Crippen molar-refractivity contribution in [1.82, 2.24) is 9.78 Å². The second-order valence-corrected chi connectivity index (χ2v) is 6.77. The molecule has 146 valence electrons. The van der Waals surface area contributed by atoms with Crippen molar-refractivity contribution in [1.29, 1.82) is 0 Å². The fraction of sp³-hybridized carbons (Fsp3) is 0.158. The molecule has 0 saturated carbocycles. The Labute approximate surface area is 172 Å². The fourth-order valence-corrected chi connectivity index (χ4v) is 3.34. The molecule has 28 heavy (non-hydrogen) atoms. The number of fused-ring (bicyclic) bond motifs is 2. The lowest BCUT2D eigenvalue weighted by atomic mass is 10.1.